The molecule has 1 unspecified atom stereocenters. The molecule has 2 heteroatoms. The van der Waals surface area contributed by atoms with Gasteiger partial charge in [0, 0.05) is 0 Å². The SMILES string of the molecule is CNC(C)(N1CCCC1)C(C)(C)C. The molecule has 1 aliphatic rings. The molecule has 0 aromatic heterocycles. The first-order valence-corrected chi connectivity index (χ1v) is 5.36. The highest BCUT2D eigenvalue weighted by Gasteiger charge is 2.41. The standard InChI is InChI=1S/C11H24N2/c1-10(2,3)11(4,12-5)13-8-6-7-9-13/h12H,6-9H2,1-5H3. The number of likely N-dealkylation sites (tertiary alicyclic amines) is 1. The van der Waals surface area contributed by atoms with Crippen LogP contribution in [0.25, 0.3) is 0 Å². The quantitative estimate of drug-likeness (QED) is 0.706. The fraction of sp³-hybridized carbons (Fsp3) is 1.00. The zero-order valence-electron chi connectivity index (χ0n) is 9.78. The van der Waals surface area contributed by atoms with Crippen molar-refractivity contribution in [2.45, 2.75) is 46.2 Å². The van der Waals surface area contributed by atoms with E-state index in [9.17, 15) is 0 Å². The minimum Gasteiger partial charge on any atom is -0.302 e. The van der Waals surface area contributed by atoms with Crippen molar-refractivity contribution >= 4 is 0 Å². The van der Waals surface area contributed by atoms with Crippen LogP contribution in [-0.2, 0) is 0 Å². The topological polar surface area (TPSA) is 15.3 Å². The second-order valence-electron chi connectivity index (χ2n) is 5.27. The minimum atomic E-state index is 0.142. The Kier molecular flexibility index (Phi) is 3.03. The molecule has 1 aliphatic heterocycles. The van der Waals surface area contributed by atoms with Gasteiger partial charge in [-0.2, -0.15) is 0 Å². The number of rotatable bonds is 2. The fourth-order valence-electron chi connectivity index (χ4n) is 2.17. The van der Waals surface area contributed by atoms with Crippen LogP contribution in [0.5, 0.6) is 0 Å². The first-order valence-electron chi connectivity index (χ1n) is 5.36. The van der Waals surface area contributed by atoms with Crippen LogP contribution in [0.1, 0.15) is 40.5 Å². The van der Waals surface area contributed by atoms with Crippen LogP contribution in [0.4, 0.5) is 0 Å². The molecule has 0 spiro atoms. The molecule has 13 heavy (non-hydrogen) atoms. The van der Waals surface area contributed by atoms with Crippen LogP contribution >= 0.6 is 0 Å². The van der Waals surface area contributed by atoms with E-state index in [0.29, 0.717) is 0 Å². The van der Waals surface area contributed by atoms with E-state index in [1.165, 1.54) is 25.9 Å². The number of nitrogens with one attached hydrogen (secondary N) is 1. The van der Waals surface area contributed by atoms with Gasteiger partial charge in [0.15, 0.2) is 0 Å². The largest absolute Gasteiger partial charge is 0.302 e. The smallest absolute Gasteiger partial charge is 0.0730 e. The van der Waals surface area contributed by atoms with Crippen molar-refractivity contribution in [3.8, 4) is 0 Å². The second kappa shape index (κ2) is 3.58. The average molecular weight is 184 g/mol. The maximum atomic E-state index is 3.49. The summed E-state index contributed by atoms with van der Waals surface area (Å²) >= 11 is 0. The van der Waals surface area contributed by atoms with Gasteiger partial charge in [0.05, 0.1) is 5.66 Å². The van der Waals surface area contributed by atoms with Crippen LogP contribution < -0.4 is 5.32 Å². The Balaban J connectivity index is 2.79. The maximum Gasteiger partial charge on any atom is 0.0730 e. The molecule has 0 radical (unpaired) electrons. The van der Waals surface area contributed by atoms with Crippen molar-refractivity contribution in [3.63, 3.8) is 0 Å². The van der Waals surface area contributed by atoms with Gasteiger partial charge in [0.2, 0.25) is 0 Å². The Morgan fingerprint density at radius 2 is 1.46 bits per heavy atom. The van der Waals surface area contributed by atoms with Crippen molar-refractivity contribution in [2.75, 3.05) is 20.1 Å². The van der Waals surface area contributed by atoms with Crippen molar-refractivity contribution < 1.29 is 0 Å². The van der Waals surface area contributed by atoms with E-state index in [0.717, 1.165) is 0 Å². The molecule has 0 aromatic rings. The highest BCUT2D eigenvalue weighted by molar-refractivity contribution is 4.94. The highest BCUT2D eigenvalue weighted by atomic mass is 15.3. The zero-order valence-corrected chi connectivity index (χ0v) is 9.78. The van der Waals surface area contributed by atoms with E-state index < -0.39 is 0 Å². The van der Waals surface area contributed by atoms with Crippen LogP contribution in [0.2, 0.25) is 0 Å². The van der Waals surface area contributed by atoms with Gasteiger partial charge in [-0.05, 0) is 45.3 Å². The summed E-state index contributed by atoms with van der Waals surface area (Å²) < 4.78 is 0. The van der Waals surface area contributed by atoms with Crippen molar-refractivity contribution in [3.05, 3.63) is 0 Å². The lowest BCUT2D eigenvalue weighted by atomic mass is 9.80. The first kappa shape index (κ1) is 11.0. The Morgan fingerprint density at radius 3 is 1.77 bits per heavy atom. The van der Waals surface area contributed by atoms with E-state index in [-0.39, 0.29) is 11.1 Å². The summed E-state index contributed by atoms with van der Waals surface area (Å²) in [5.41, 5.74) is 0.426. The molecule has 1 atom stereocenters. The summed E-state index contributed by atoms with van der Waals surface area (Å²) in [5, 5.41) is 3.49. The van der Waals surface area contributed by atoms with Gasteiger partial charge in [0.1, 0.15) is 0 Å². The van der Waals surface area contributed by atoms with E-state index in [2.05, 4.69) is 45.0 Å². The normalized spacial score (nSPS) is 24.7. The lowest BCUT2D eigenvalue weighted by Gasteiger charge is -2.48. The third-order valence-corrected chi connectivity index (χ3v) is 3.69. The van der Waals surface area contributed by atoms with Crippen LogP contribution in [0.3, 0.4) is 0 Å². The van der Waals surface area contributed by atoms with Crippen LogP contribution in [0.15, 0.2) is 0 Å². The summed E-state index contributed by atoms with van der Waals surface area (Å²) in [6.45, 7) is 11.7. The molecule has 0 aliphatic carbocycles. The molecule has 0 aromatic carbocycles. The third kappa shape index (κ3) is 1.89. The molecule has 78 valence electrons. The van der Waals surface area contributed by atoms with Gasteiger partial charge in [-0.3, -0.25) is 4.90 Å². The van der Waals surface area contributed by atoms with E-state index in [1.807, 2.05) is 0 Å². The molecule has 0 amide bonds. The Morgan fingerprint density at radius 1 is 1.00 bits per heavy atom. The zero-order chi connectivity index (χ0) is 10.1. The van der Waals surface area contributed by atoms with Crippen LogP contribution in [-0.4, -0.2) is 30.7 Å². The summed E-state index contributed by atoms with van der Waals surface area (Å²) in [6.07, 6.45) is 2.71. The Labute approximate surface area is 82.7 Å². The van der Waals surface area contributed by atoms with Gasteiger partial charge >= 0.3 is 0 Å². The van der Waals surface area contributed by atoms with E-state index in [1.54, 1.807) is 0 Å². The lowest BCUT2D eigenvalue weighted by Crippen LogP contribution is -2.62. The van der Waals surface area contributed by atoms with Crippen molar-refractivity contribution in [1.29, 1.82) is 0 Å². The van der Waals surface area contributed by atoms with Gasteiger partial charge < -0.3 is 5.32 Å². The monoisotopic (exact) mass is 184 g/mol. The molecule has 1 fully saturated rings. The Bertz CT molecular complexity index is 165. The molecule has 1 rings (SSSR count). The number of nitrogens with zero attached hydrogens (tertiary/aromatic N) is 1. The van der Waals surface area contributed by atoms with Crippen LogP contribution in [0, 0.1) is 5.41 Å². The predicted molar refractivity (Wildman–Crippen MR) is 57.7 cm³/mol. The molecule has 1 heterocycles. The molecular formula is C11H24N2. The fourth-order valence-corrected chi connectivity index (χ4v) is 2.17. The molecule has 1 saturated heterocycles. The maximum absolute atomic E-state index is 3.49. The van der Waals surface area contributed by atoms with E-state index >= 15 is 0 Å². The molecular weight excluding hydrogens is 160 g/mol. The predicted octanol–water partition coefficient (Wildman–Crippen LogP) is 2.06. The summed E-state index contributed by atoms with van der Waals surface area (Å²) in [6, 6.07) is 0. The molecule has 0 bridgehead atoms. The first-order chi connectivity index (χ1) is 5.92. The van der Waals surface area contributed by atoms with Gasteiger partial charge in [0.25, 0.3) is 0 Å². The van der Waals surface area contributed by atoms with Gasteiger partial charge in [-0.1, -0.05) is 20.8 Å². The van der Waals surface area contributed by atoms with E-state index in [4.69, 9.17) is 0 Å². The van der Waals surface area contributed by atoms with Crippen molar-refractivity contribution in [1.82, 2.24) is 10.2 Å². The highest BCUT2D eigenvalue weighted by Crippen LogP contribution is 2.34. The second-order valence-corrected chi connectivity index (χ2v) is 5.27. The van der Waals surface area contributed by atoms with Crippen molar-refractivity contribution in [2.24, 2.45) is 5.41 Å². The minimum absolute atomic E-state index is 0.142. The Hall–Kier alpha value is -0.0800. The number of hydrogen-bond acceptors (Lipinski definition) is 2. The molecule has 0 saturated carbocycles. The average Bonchev–Trinajstić information content (AvgIpc) is 2.52. The third-order valence-electron chi connectivity index (χ3n) is 3.69. The molecule has 1 N–H and O–H groups in total. The lowest BCUT2D eigenvalue weighted by molar-refractivity contribution is 0.000455. The summed E-state index contributed by atoms with van der Waals surface area (Å²) in [4.78, 5) is 2.58. The van der Waals surface area contributed by atoms with Gasteiger partial charge in [-0.15, -0.1) is 0 Å². The summed E-state index contributed by atoms with van der Waals surface area (Å²) in [7, 11) is 2.07. The van der Waals surface area contributed by atoms with Gasteiger partial charge in [-0.25, -0.2) is 0 Å². The molecule has 2 nitrogen and oxygen atoms in total. The summed E-state index contributed by atoms with van der Waals surface area (Å²) in [5.74, 6) is 0. The number of hydrogen-bond donors (Lipinski definition) is 1.